The molecule has 0 atom stereocenters. The minimum absolute atomic E-state index is 0.0723. The van der Waals surface area contributed by atoms with Gasteiger partial charge in [-0.15, -0.1) is 0 Å². The van der Waals surface area contributed by atoms with Gasteiger partial charge in [-0.2, -0.15) is 0 Å². The number of hydrogen-bond donors (Lipinski definition) is 1. The summed E-state index contributed by atoms with van der Waals surface area (Å²) in [5, 5.41) is 0. The number of carbonyl (C=O) groups excluding carboxylic acids is 2. The molecule has 31 heavy (non-hydrogen) atoms. The van der Waals surface area contributed by atoms with Crippen LogP contribution in [0.15, 0.2) is 66.7 Å². The number of nitrogens with zero attached hydrogens (tertiary/aromatic N) is 1. The molecule has 0 aliphatic carbocycles. The van der Waals surface area contributed by atoms with E-state index in [4.69, 9.17) is 10.5 Å². The summed E-state index contributed by atoms with van der Waals surface area (Å²) < 4.78 is 20.4. The van der Waals surface area contributed by atoms with Crippen molar-refractivity contribution in [3.05, 3.63) is 100 Å². The number of ether oxygens (including phenoxy) is 1. The Morgan fingerprint density at radius 2 is 1.71 bits per heavy atom. The zero-order valence-electron chi connectivity index (χ0n) is 17.0. The Hall–Kier alpha value is -3.67. The Morgan fingerprint density at radius 3 is 2.48 bits per heavy atom. The summed E-state index contributed by atoms with van der Waals surface area (Å²) >= 11 is 0. The summed E-state index contributed by atoms with van der Waals surface area (Å²) in [6, 6.07) is 19.4. The second-order valence-electron chi connectivity index (χ2n) is 7.52. The summed E-state index contributed by atoms with van der Waals surface area (Å²) in [5.41, 5.74) is 8.77. The van der Waals surface area contributed by atoms with Crippen LogP contribution in [0.5, 0.6) is 5.75 Å². The number of primary amides is 1. The number of hydrogen-bond acceptors (Lipinski definition) is 3. The molecule has 6 heteroatoms. The van der Waals surface area contributed by atoms with Crippen molar-refractivity contribution in [3.8, 4) is 5.75 Å². The maximum atomic E-state index is 14.7. The molecule has 0 saturated carbocycles. The molecular formula is C25H23FN2O3. The number of fused-ring (bicyclic) bond motifs is 1. The van der Waals surface area contributed by atoms with Gasteiger partial charge >= 0.3 is 0 Å². The van der Waals surface area contributed by atoms with Crippen molar-refractivity contribution in [2.24, 2.45) is 5.73 Å². The zero-order valence-corrected chi connectivity index (χ0v) is 17.0. The van der Waals surface area contributed by atoms with Gasteiger partial charge in [-0.3, -0.25) is 9.59 Å². The van der Waals surface area contributed by atoms with Gasteiger partial charge in [0.25, 0.3) is 11.8 Å². The fraction of sp³-hybridized carbons (Fsp3) is 0.200. The zero-order chi connectivity index (χ0) is 21.8. The predicted octanol–water partition coefficient (Wildman–Crippen LogP) is 3.74. The Labute approximate surface area is 180 Å². The maximum absolute atomic E-state index is 14.7. The van der Waals surface area contributed by atoms with Crippen molar-refractivity contribution in [2.75, 3.05) is 13.2 Å². The Bertz CT molecular complexity index is 1130. The number of para-hydroxylation sites is 1. The van der Waals surface area contributed by atoms with Crippen molar-refractivity contribution in [1.82, 2.24) is 4.90 Å². The van der Waals surface area contributed by atoms with Gasteiger partial charge in [0.1, 0.15) is 11.6 Å². The van der Waals surface area contributed by atoms with E-state index in [-0.39, 0.29) is 18.1 Å². The van der Waals surface area contributed by atoms with Gasteiger partial charge in [0.15, 0.2) is 0 Å². The van der Waals surface area contributed by atoms with E-state index >= 15 is 0 Å². The van der Waals surface area contributed by atoms with Crippen LogP contribution in [0.2, 0.25) is 0 Å². The van der Waals surface area contributed by atoms with E-state index in [1.165, 1.54) is 17.7 Å². The van der Waals surface area contributed by atoms with E-state index < -0.39 is 11.7 Å². The number of halogens is 1. The number of rotatable bonds is 6. The molecule has 0 spiro atoms. The lowest BCUT2D eigenvalue weighted by Crippen LogP contribution is -2.36. The van der Waals surface area contributed by atoms with Crippen LogP contribution in [0.3, 0.4) is 0 Å². The Balaban J connectivity index is 1.39. The second kappa shape index (κ2) is 9.00. The van der Waals surface area contributed by atoms with Crippen molar-refractivity contribution < 1.29 is 18.7 Å². The van der Waals surface area contributed by atoms with Crippen molar-refractivity contribution in [1.29, 1.82) is 0 Å². The fourth-order valence-electron chi connectivity index (χ4n) is 3.80. The van der Waals surface area contributed by atoms with Crippen LogP contribution in [0.4, 0.5) is 4.39 Å². The lowest BCUT2D eigenvalue weighted by Gasteiger charge is -2.29. The third-order valence-corrected chi connectivity index (χ3v) is 5.48. The topological polar surface area (TPSA) is 72.6 Å². The molecule has 0 fully saturated rings. The first-order valence-corrected chi connectivity index (χ1v) is 10.2. The van der Waals surface area contributed by atoms with Gasteiger partial charge in [-0.1, -0.05) is 42.5 Å². The molecular weight excluding hydrogens is 395 g/mol. The minimum atomic E-state index is -0.565. The van der Waals surface area contributed by atoms with Gasteiger partial charge in [0.05, 0.1) is 17.7 Å². The molecule has 1 heterocycles. The second-order valence-corrected chi connectivity index (χ2v) is 7.52. The van der Waals surface area contributed by atoms with Crippen molar-refractivity contribution in [3.63, 3.8) is 0 Å². The molecule has 1 aliphatic heterocycles. The summed E-state index contributed by atoms with van der Waals surface area (Å²) in [7, 11) is 0. The summed E-state index contributed by atoms with van der Waals surface area (Å²) in [6.45, 7) is 1.31. The van der Waals surface area contributed by atoms with Crippen LogP contribution >= 0.6 is 0 Å². The molecule has 0 bridgehead atoms. The smallest absolute Gasteiger partial charge is 0.257 e. The molecule has 5 nitrogen and oxygen atoms in total. The lowest BCUT2D eigenvalue weighted by atomic mass is 9.99. The van der Waals surface area contributed by atoms with Crippen LogP contribution in [0.25, 0.3) is 0 Å². The van der Waals surface area contributed by atoms with E-state index in [0.717, 1.165) is 12.0 Å². The maximum Gasteiger partial charge on any atom is 0.257 e. The van der Waals surface area contributed by atoms with Crippen LogP contribution < -0.4 is 10.5 Å². The fourth-order valence-corrected chi connectivity index (χ4v) is 3.80. The normalized spacial score (nSPS) is 12.9. The SMILES string of the molecule is NC(=O)c1ccccc1OCCc1ccc(C(=O)N2CCc3ccccc3C2)c(F)c1. The minimum Gasteiger partial charge on any atom is -0.492 e. The molecule has 0 unspecified atom stereocenters. The van der Waals surface area contributed by atoms with E-state index in [0.29, 0.717) is 36.4 Å². The summed E-state index contributed by atoms with van der Waals surface area (Å²) in [5.74, 6) is -1.01. The van der Waals surface area contributed by atoms with Gasteiger partial charge in [-0.25, -0.2) is 4.39 Å². The average molecular weight is 418 g/mol. The standard InChI is InChI=1S/C25H23FN2O3/c26-22-15-17(12-14-31-23-8-4-3-7-21(23)24(27)29)9-10-20(22)25(30)28-13-11-18-5-1-2-6-19(18)16-28/h1-10,15H,11-14,16H2,(H2,27,29). The number of carbonyl (C=O) groups is 2. The van der Waals surface area contributed by atoms with Gasteiger partial charge in [0, 0.05) is 19.5 Å². The largest absolute Gasteiger partial charge is 0.492 e. The Kier molecular flexibility index (Phi) is 5.98. The molecule has 4 rings (SSSR count). The predicted molar refractivity (Wildman–Crippen MR) is 115 cm³/mol. The molecule has 3 aromatic carbocycles. The van der Waals surface area contributed by atoms with E-state index in [2.05, 4.69) is 6.07 Å². The quantitative estimate of drug-likeness (QED) is 0.663. The first-order chi connectivity index (χ1) is 15.0. The third-order valence-electron chi connectivity index (χ3n) is 5.48. The van der Waals surface area contributed by atoms with Crippen molar-refractivity contribution >= 4 is 11.8 Å². The third kappa shape index (κ3) is 4.58. The molecule has 3 aromatic rings. The molecule has 0 aromatic heterocycles. The lowest BCUT2D eigenvalue weighted by molar-refractivity contribution is 0.0729. The molecule has 2 N–H and O–H groups in total. The highest BCUT2D eigenvalue weighted by atomic mass is 19.1. The van der Waals surface area contributed by atoms with Crippen LogP contribution in [0.1, 0.15) is 37.4 Å². The number of amides is 2. The number of nitrogens with two attached hydrogens (primary N) is 1. The first kappa shape index (κ1) is 20.6. The van der Waals surface area contributed by atoms with Gasteiger partial charge < -0.3 is 15.4 Å². The molecule has 0 radical (unpaired) electrons. The van der Waals surface area contributed by atoms with Crippen LogP contribution in [-0.4, -0.2) is 29.9 Å². The van der Waals surface area contributed by atoms with Gasteiger partial charge in [0.2, 0.25) is 0 Å². The highest BCUT2D eigenvalue weighted by molar-refractivity contribution is 5.95. The average Bonchev–Trinajstić information content (AvgIpc) is 2.78. The first-order valence-electron chi connectivity index (χ1n) is 10.2. The highest BCUT2D eigenvalue weighted by Crippen LogP contribution is 2.22. The van der Waals surface area contributed by atoms with E-state index in [1.807, 2.05) is 18.2 Å². The monoisotopic (exact) mass is 418 g/mol. The van der Waals surface area contributed by atoms with Gasteiger partial charge in [-0.05, 0) is 47.4 Å². The summed E-state index contributed by atoms with van der Waals surface area (Å²) in [6.07, 6.45) is 1.20. The summed E-state index contributed by atoms with van der Waals surface area (Å²) in [4.78, 5) is 26.0. The van der Waals surface area contributed by atoms with E-state index in [1.54, 1.807) is 35.2 Å². The van der Waals surface area contributed by atoms with Crippen molar-refractivity contribution in [2.45, 2.75) is 19.4 Å². The highest BCUT2D eigenvalue weighted by Gasteiger charge is 2.23. The molecule has 2 amide bonds. The van der Waals surface area contributed by atoms with E-state index in [9.17, 15) is 14.0 Å². The Morgan fingerprint density at radius 1 is 0.968 bits per heavy atom. The number of benzene rings is 3. The molecule has 158 valence electrons. The molecule has 1 aliphatic rings. The molecule has 0 saturated heterocycles. The van der Waals surface area contributed by atoms with Crippen LogP contribution in [0, 0.1) is 5.82 Å². The van der Waals surface area contributed by atoms with Crippen LogP contribution in [-0.2, 0) is 19.4 Å².